The number of anilines is 2. The number of aromatic nitrogens is 1. The third kappa shape index (κ3) is 4.59. The van der Waals surface area contributed by atoms with Gasteiger partial charge in [-0.15, -0.1) is 24.8 Å². The van der Waals surface area contributed by atoms with Crippen LogP contribution in [0.1, 0.15) is 12.0 Å². The van der Waals surface area contributed by atoms with Crippen LogP contribution in [0.3, 0.4) is 0 Å². The standard InChI is InChI=1S/C8H13N5O2.2ClH/c9-3-1-2-5-4-6(10)12-8(11)7(5)13(14)15;;/h4H,1-3,9H2,(H4,10,11,12);2*1H. The molecule has 0 atom stereocenters. The Labute approximate surface area is 111 Å². The van der Waals surface area contributed by atoms with E-state index < -0.39 is 4.92 Å². The molecule has 9 heteroatoms. The van der Waals surface area contributed by atoms with Crippen molar-refractivity contribution >= 4 is 42.1 Å². The zero-order chi connectivity index (χ0) is 11.4. The number of halogens is 2. The molecule has 0 radical (unpaired) electrons. The van der Waals surface area contributed by atoms with E-state index >= 15 is 0 Å². The van der Waals surface area contributed by atoms with Crippen LogP contribution in [-0.4, -0.2) is 16.5 Å². The molecule has 1 aromatic rings. The van der Waals surface area contributed by atoms with Crippen molar-refractivity contribution in [2.45, 2.75) is 12.8 Å². The van der Waals surface area contributed by atoms with Crippen LogP contribution in [0.4, 0.5) is 17.3 Å². The smallest absolute Gasteiger partial charge is 0.314 e. The maximum atomic E-state index is 10.7. The lowest BCUT2D eigenvalue weighted by atomic mass is 10.1. The molecule has 0 aliphatic rings. The highest BCUT2D eigenvalue weighted by atomic mass is 35.5. The van der Waals surface area contributed by atoms with E-state index in [1.54, 1.807) is 0 Å². The van der Waals surface area contributed by atoms with E-state index in [0.717, 1.165) is 0 Å². The van der Waals surface area contributed by atoms with E-state index in [1.165, 1.54) is 6.07 Å². The average Bonchev–Trinajstić information content (AvgIpc) is 2.12. The quantitative estimate of drug-likeness (QED) is 0.555. The number of nitrogens with zero attached hydrogens (tertiary/aromatic N) is 2. The summed E-state index contributed by atoms with van der Waals surface area (Å²) in [5, 5.41) is 10.7. The number of hydrogen-bond acceptors (Lipinski definition) is 6. The van der Waals surface area contributed by atoms with Gasteiger partial charge in [-0.3, -0.25) is 10.1 Å². The first-order chi connectivity index (χ1) is 7.06. The molecule has 6 N–H and O–H groups in total. The molecule has 0 fully saturated rings. The fraction of sp³-hybridized carbons (Fsp3) is 0.375. The van der Waals surface area contributed by atoms with Crippen LogP contribution in [0.25, 0.3) is 0 Å². The Morgan fingerprint density at radius 1 is 1.35 bits per heavy atom. The molecule has 0 aliphatic heterocycles. The van der Waals surface area contributed by atoms with Crippen LogP contribution in [0, 0.1) is 10.1 Å². The van der Waals surface area contributed by atoms with Crippen molar-refractivity contribution in [1.82, 2.24) is 4.98 Å². The van der Waals surface area contributed by atoms with Crippen LogP contribution in [0.5, 0.6) is 0 Å². The minimum absolute atomic E-state index is 0. The van der Waals surface area contributed by atoms with Crippen molar-refractivity contribution in [3.63, 3.8) is 0 Å². The van der Waals surface area contributed by atoms with Crippen molar-refractivity contribution in [2.75, 3.05) is 18.0 Å². The first-order valence-electron chi connectivity index (χ1n) is 4.45. The number of nitrogens with two attached hydrogens (primary N) is 3. The Morgan fingerprint density at radius 3 is 2.41 bits per heavy atom. The molecular weight excluding hydrogens is 269 g/mol. The largest absolute Gasteiger partial charge is 0.384 e. The monoisotopic (exact) mass is 283 g/mol. The van der Waals surface area contributed by atoms with E-state index in [0.29, 0.717) is 24.9 Å². The number of nitro groups is 1. The van der Waals surface area contributed by atoms with Gasteiger partial charge in [-0.05, 0) is 25.5 Å². The average molecular weight is 284 g/mol. The third-order valence-electron chi connectivity index (χ3n) is 1.95. The van der Waals surface area contributed by atoms with E-state index in [2.05, 4.69) is 4.98 Å². The molecule has 98 valence electrons. The molecule has 1 aromatic heterocycles. The van der Waals surface area contributed by atoms with E-state index in [9.17, 15) is 10.1 Å². The Bertz CT molecular complexity index is 388. The number of aryl methyl sites for hydroxylation is 1. The van der Waals surface area contributed by atoms with Crippen molar-refractivity contribution in [2.24, 2.45) is 5.73 Å². The predicted octanol–water partition coefficient (Wildman–Crippen LogP) is 0.889. The van der Waals surface area contributed by atoms with Crippen molar-refractivity contribution in [3.05, 3.63) is 21.7 Å². The first kappa shape index (κ1) is 18.1. The van der Waals surface area contributed by atoms with Crippen LogP contribution in [0.15, 0.2) is 6.07 Å². The number of pyridine rings is 1. The van der Waals surface area contributed by atoms with Crippen molar-refractivity contribution in [1.29, 1.82) is 0 Å². The van der Waals surface area contributed by atoms with Gasteiger partial charge in [0.2, 0.25) is 5.82 Å². The maximum Gasteiger partial charge on any atom is 0.314 e. The van der Waals surface area contributed by atoms with Gasteiger partial charge in [-0.1, -0.05) is 0 Å². The molecule has 0 amide bonds. The zero-order valence-corrected chi connectivity index (χ0v) is 10.6. The Morgan fingerprint density at radius 2 is 1.94 bits per heavy atom. The van der Waals surface area contributed by atoms with Gasteiger partial charge in [0.1, 0.15) is 5.82 Å². The summed E-state index contributed by atoms with van der Waals surface area (Å²) in [4.78, 5) is 13.8. The predicted molar refractivity (Wildman–Crippen MR) is 71.6 cm³/mol. The molecule has 0 saturated heterocycles. The summed E-state index contributed by atoms with van der Waals surface area (Å²) in [6, 6.07) is 1.46. The Balaban J connectivity index is 0. The van der Waals surface area contributed by atoms with Gasteiger partial charge < -0.3 is 17.2 Å². The maximum absolute atomic E-state index is 10.7. The topological polar surface area (TPSA) is 134 Å². The molecule has 1 rings (SSSR count). The number of nitrogen functional groups attached to an aromatic ring is 2. The van der Waals surface area contributed by atoms with Gasteiger partial charge in [-0.25, -0.2) is 4.98 Å². The van der Waals surface area contributed by atoms with Crippen LogP contribution < -0.4 is 17.2 Å². The van der Waals surface area contributed by atoms with Crippen LogP contribution >= 0.6 is 24.8 Å². The molecule has 0 spiro atoms. The molecular formula is C8H15Cl2N5O2. The van der Waals surface area contributed by atoms with Crippen LogP contribution in [-0.2, 0) is 6.42 Å². The van der Waals surface area contributed by atoms with Crippen molar-refractivity contribution in [3.8, 4) is 0 Å². The minimum Gasteiger partial charge on any atom is -0.384 e. The summed E-state index contributed by atoms with van der Waals surface area (Å²) in [5.74, 6) is 0.0390. The minimum atomic E-state index is -0.548. The second kappa shape index (κ2) is 7.88. The van der Waals surface area contributed by atoms with E-state index in [4.69, 9.17) is 17.2 Å². The molecule has 0 bridgehead atoms. The summed E-state index contributed by atoms with van der Waals surface area (Å²) in [5.41, 5.74) is 16.5. The number of hydrogen-bond donors (Lipinski definition) is 3. The van der Waals surface area contributed by atoms with Gasteiger partial charge in [-0.2, -0.15) is 0 Å². The summed E-state index contributed by atoms with van der Waals surface area (Å²) < 4.78 is 0. The molecule has 0 unspecified atom stereocenters. The molecule has 17 heavy (non-hydrogen) atoms. The highest BCUT2D eigenvalue weighted by Crippen LogP contribution is 2.27. The lowest BCUT2D eigenvalue weighted by molar-refractivity contribution is -0.384. The van der Waals surface area contributed by atoms with Crippen LogP contribution in [0.2, 0.25) is 0 Å². The van der Waals surface area contributed by atoms with Gasteiger partial charge in [0.05, 0.1) is 4.92 Å². The molecule has 0 aromatic carbocycles. The summed E-state index contributed by atoms with van der Waals surface area (Å²) in [6.07, 6.45) is 1.12. The number of rotatable bonds is 4. The zero-order valence-electron chi connectivity index (χ0n) is 8.96. The third-order valence-corrected chi connectivity index (χ3v) is 1.95. The summed E-state index contributed by atoms with van der Waals surface area (Å²) in [7, 11) is 0. The second-order valence-corrected chi connectivity index (χ2v) is 3.09. The van der Waals surface area contributed by atoms with E-state index in [1.807, 2.05) is 0 Å². The SMILES string of the molecule is Cl.Cl.NCCCc1cc(N)nc(N)c1[N+](=O)[O-]. The van der Waals surface area contributed by atoms with Gasteiger partial charge in [0, 0.05) is 5.56 Å². The second-order valence-electron chi connectivity index (χ2n) is 3.09. The fourth-order valence-corrected chi connectivity index (χ4v) is 1.33. The summed E-state index contributed by atoms with van der Waals surface area (Å²) in [6.45, 7) is 0.458. The van der Waals surface area contributed by atoms with Gasteiger partial charge in [0.25, 0.3) is 0 Å². The van der Waals surface area contributed by atoms with E-state index in [-0.39, 0.29) is 42.1 Å². The first-order valence-corrected chi connectivity index (χ1v) is 4.45. The summed E-state index contributed by atoms with van der Waals surface area (Å²) >= 11 is 0. The lowest BCUT2D eigenvalue weighted by Crippen LogP contribution is -2.07. The molecule has 0 saturated carbocycles. The van der Waals surface area contributed by atoms with Crippen molar-refractivity contribution < 1.29 is 4.92 Å². The Kier molecular flexibility index (Phi) is 8.38. The molecule has 7 nitrogen and oxygen atoms in total. The molecule has 1 heterocycles. The van der Waals surface area contributed by atoms with Gasteiger partial charge >= 0.3 is 5.69 Å². The van der Waals surface area contributed by atoms with Gasteiger partial charge in [0.15, 0.2) is 0 Å². The lowest BCUT2D eigenvalue weighted by Gasteiger charge is -2.05. The highest BCUT2D eigenvalue weighted by molar-refractivity contribution is 5.85. The molecule has 0 aliphatic carbocycles. The highest BCUT2D eigenvalue weighted by Gasteiger charge is 2.19. The normalized spacial score (nSPS) is 9.00. The Hall–Kier alpha value is -1.31. The fourth-order valence-electron chi connectivity index (χ4n) is 1.33.